The first-order valence-electron chi connectivity index (χ1n) is 7.71. The zero-order valence-corrected chi connectivity index (χ0v) is 14.4. The predicted molar refractivity (Wildman–Crippen MR) is 99.6 cm³/mol. The molecule has 2 nitrogen and oxygen atoms in total. The highest BCUT2D eigenvalue weighted by molar-refractivity contribution is 7.80. The molecule has 2 aromatic rings. The number of rotatable bonds is 5. The number of benzene rings is 2. The number of anilines is 1. The average molecular weight is 312 g/mol. The molecular weight excluding hydrogens is 288 g/mol. The maximum atomic E-state index is 5.35. The number of nitrogens with one attached hydrogen (secondary N) is 2. The van der Waals surface area contributed by atoms with Gasteiger partial charge in [0.25, 0.3) is 0 Å². The van der Waals surface area contributed by atoms with Crippen LogP contribution in [-0.4, -0.2) is 11.7 Å². The van der Waals surface area contributed by atoms with Crippen molar-refractivity contribution in [3.05, 3.63) is 64.7 Å². The third kappa shape index (κ3) is 5.49. The Labute approximate surface area is 139 Å². The van der Waals surface area contributed by atoms with Crippen molar-refractivity contribution in [3.63, 3.8) is 0 Å². The standard InChI is InChI=1S/C19H24N2S/c1-14-6-8-17(9-7-14)5-4-10-20-19(22)21-18-12-15(2)11-16(3)13-18/h6-9,11-13H,4-5,10H2,1-3H3,(H2,20,21,22). The highest BCUT2D eigenvalue weighted by atomic mass is 32.1. The Morgan fingerprint density at radius 2 is 1.55 bits per heavy atom. The first-order chi connectivity index (χ1) is 10.5. The van der Waals surface area contributed by atoms with Crippen molar-refractivity contribution in [2.45, 2.75) is 33.6 Å². The van der Waals surface area contributed by atoms with E-state index in [1.165, 1.54) is 22.3 Å². The molecule has 0 aliphatic carbocycles. The predicted octanol–water partition coefficient (Wildman–Crippen LogP) is 4.53. The summed E-state index contributed by atoms with van der Waals surface area (Å²) in [5.41, 5.74) is 6.21. The normalized spacial score (nSPS) is 10.3. The van der Waals surface area contributed by atoms with Gasteiger partial charge in [-0.25, -0.2) is 0 Å². The molecule has 0 aliphatic rings. The lowest BCUT2D eigenvalue weighted by Crippen LogP contribution is -2.29. The summed E-state index contributed by atoms with van der Waals surface area (Å²) in [5, 5.41) is 7.21. The first kappa shape index (κ1) is 16.5. The van der Waals surface area contributed by atoms with Crippen LogP contribution in [0.1, 0.15) is 28.7 Å². The van der Waals surface area contributed by atoms with E-state index < -0.39 is 0 Å². The molecule has 116 valence electrons. The maximum absolute atomic E-state index is 5.35. The summed E-state index contributed by atoms with van der Waals surface area (Å²) < 4.78 is 0. The molecule has 2 aromatic carbocycles. The Balaban J connectivity index is 1.72. The molecule has 0 aromatic heterocycles. The molecule has 0 bridgehead atoms. The molecule has 2 rings (SSSR count). The first-order valence-corrected chi connectivity index (χ1v) is 8.12. The zero-order valence-electron chi connectivity index (χ0n) is 13.6. The van der Waals surface area contributed by atoms with E-state index in [9.17, 15) is 0 Å². The zero-order chi connectivity index (χ0) is 15.9. The van der Waals surface area contributed by atoms with E-state index in [2.05, 4.69) is 73.9 Å². The number of hydrogen-bond acceptors (Lipinski definition) is 1. The van der Waals surface area contributed by atoms with Gasteiger partial charge in [0.1, 0.15) is 0 Å². The molecule has 0 radical (unpaired) electrons. The Morgan fingerprint density at radius 3 is 2.18 bits per heavy atom. The lowest BCUT2D eigenvalue weighted by molar-refractivity contribution is 0.777. The van der Waals surface area contributed by atoms with E-state index in [1.807, 2.05) is 0 Å². The van der Waals surface area contributed by atoms with Crippen molar-refractivity contribution in [1.29, 1.82) is 0 Å². The molecule has 22 heavy (non-hydrogen) atoms. The van der Waals surface area contributed by atoms with E-state index >= 15 is 0 Å². The van der Waals surface area contributed by atoms with Gasteiger partial charge >= 0.3 is 0 Å². The fraction of sp³-hybridized carbons (Fsp3) is 0.316. The van der Waals surface area contributed by atoms with Crippen LogP contribution < -0.4 is 10.6 Å². The van der Waals surface area contributed by atoms with Gasteiger partial charge in [-0.2, -0.15) is 0 Å². The Kier molecular flexibility index (Phi) is 5.96. The maximum Gasteiger partial charge on any atom is 0.170 e. The van der Waals surface area contributed by atoms with Crippen molar-refractivity contribution < 1.29 is 0 Å². The van der Waals surface area contributed by atoms with Gasteiger partial charge in [-0.3, -0.25) is 0 Å². The Morgan fingerprint density at radius 1 is 0.909 bits per heavy atom. The third-order valence-corrected chi connectivity index (χ3v) is 3.77. The molecular formula is C19H24N2S. The molecule has 0 heterocycles. The summed E-state index contributed by atoms with van der Waals surface area (Å²) >= 11 is 5.35. The molecule has 0 saturated carbocycles. The quantitative estimate of drug-likeness (QED) is 0.626. The van der Waals surface area contributed by atoms with Gasteiger partial charge in [0, 0.05) is 12.2 Å². The van der Waals surface area contributed by atoms with Crippen LogP contribution in [0.5, 0.6) is 0 Å². The molecule has 0 spiro atoms. The van der Waals surface area contributed by atoms with Crippen LogP contribution in [0.3, 0.4) is 0 Å². The van der Waals surface area contributed by atoms with Gasteiger partial charge < -0.3 is 10.6 Å². The van der Waals surface area contributed by atoms with Gasteiger partial charge in [-0.15, -0.1) is 0 Å². The van der Waals surface area contributed by atoms with Crippen LogP contribution in [0.2, 0.25) is 0 Å². The summed E-state index contributed by atoms with van der Waals surface area (Å²) in [6, 6.07) is 15.1. The lowest BCUT2D eigenvalue weighted by Gasteiger charge is -2.12. The van der Waals surface area contributed by atoms with Gasteiger partial charge in [0.05, 0.1) is 0 Å². The summed E-state index contributed by atoms with van der Waals surface area (Å²) in [5.74, 6) is 0. The summed E-state index contributed by atoms with van der Waals surface area (Å²) in [4.78, 5) is 0. The minimum Gasteiger partial charge on any atom is -0.362 e. The SMILES string of the molecule is Cc1ccc(CCCNC(=S)Nc2cc(C)cc(C)c2)cc1. The van der Waals surface area contributed by atoms with E-state index in [0.717, 1.165) is 25.1 Å². The van der Waals surface area contributed by atoms with E-state index in [-0.39, 0.29) is 0 Å². The second kappa shape index (κ2) is 7.95. The highest BCUT2D eigenvalue weighted by Gasteiger charge is 1.99. The van der Waals surface area contributed by atoms with Gasteiger partial charge in [-0.05, 0) is 74.7 Å². The van der Waals surface area contributed by atoms with Crippen molar-refractivity contribution in [2.24, 2.45) is 0 Å². The fourth-order valence-electron chi connectivity index (χ4n) is 2.47. The van der Waals surface area contributed by atoms with Crippen LogP contribution in [-0.2, 0) is 6.42 Å². The molecule has 2 N–H and O–H groups in total. The highest BCUT2D eigenvalue weighted by Crippen LogP contribution is 2.13. The van der Waals surface area contributed by atoms with Crippen molar-refractivity contribution in [3.8, 4) is 0 Å². The van der Waals surface area contributed by atoms with Gasteiger partial charge in [0.2, 0.25) is 0 Å². The van der Waals surface area contributed by atoms with Crippen molar-refractivity contribution in [1.82, 2.24) is 5.32 Å². The van der Waals surface area contributed by atoms with Crippen molar-refractivity contribution >= 4 is 23.0 Å². The summed E-state index contributed by atoms with van der Waals surface area (Å²) in [6.07, 6.45) is 2.14. The molecule has 0 unspecified atom stereocenters. The minimum absolute atomic E-state index is 0.689. The van der Waals surface area contributed by atoms with Crippen molar-refractivity contribution in [2.75, 3.05) is 11.9 Å². The van der Waals surface area contributed by atoms with Crippen LogP contribution >= 0.6 is 12.2 Å². The van der Waals surface area contributed by atoms with Crippen LogP contribution in [0.25, 0.3) is 0 Å². The van der Waals surface area contributed by atoms with Gasteiger partial charge in [-0.1, -0.05) is 35.9 Å². The van der Waals surface area contributed by atoms with Crippen LogP contribution in [0, 0.1) is 20.8 Å². The fourth-order valence-corrected chi connectivity index (χ4v) is 2.69. The third-order valence-electron chi connectivity index (χ3n) is 3.53. The smallest absolute Gasteiger partial charge is 0.170 e. The molecule has 3 heteroatoms. The second-order valence-corrected chi connectivity index (χ2v) is 6.25. The molecule has 0 fully saturated rings. The van der Waals surface area contributed by atoms with E-state index in [4.69, 9.17) is 12.2 Å². The second-order valence-electron chi connectivity index (χ2n) is 5.85. The molecule has 0 amide bonds. The van der Waals surface area contributed by atoms with Crippen LogP contribution in [0.15, 0.2) is 42.5 Å². The molecule has 0 saturated heterocycles. The average Bonchev–Trinajstić information content (AvgIpc) is 2.44. The molecule has 0 atom stereocenters. The van der Waals surface area contributed by atoms with Gasteiger partial charge in [0.15, 0.2) is 5.11 Å². The monoisotopic (exact) mass is 312 g/mol. The Bertz CT molecular complexity index is 612. The Hall–Kier alpha value is -1.87. The topological polar surface area (TPSA) is 24.1 Å². The summed E-state index contributed by atoms with van der Waals surface area (Å²) in [7, 11) is 0. The van der Waals surface area contributed by atoms with Crippen LogP contribution in [0.4, 0.5) is 5.69 Å². The number of thiocarbonyl (C=S) groups is 1. The largest absolute Gasteiger partial charge is 0.362 e. The number of hydrogen-bond donors (Lipinski definition) is 2. The lowest BCUT2D eigenvalue weighted by atomic mass is 10.1. The van der Waals surface area contributed by atoms with E-state index in [0.29, 0.717) is 5.11 Å². The van der Waals surface area contributed by atoms with E-state index in [1.54, 1.807) is 0 Å². The minimum atomic E-state index is 0.689. The molecule has 0 aliphatic heterocycles. The summed E-state index contributed by atoms with van der Waals surface area (Å²) in [6.45, 7) is 7.18. The number of aryl methyl sites for hydroxylation is 4.